The van der Waals surface area contributed by atoms with Gasteiger partial charge in [-0.1, -0.05) is 121 Å². The van der Waals surface area contributed by atoms with Crippen molar-refractivity contribution in [1.29, 1.82) is 0 Å². The van der Waals surface area contributed by atoms with Gasteiger partial charge < -0.3 is 5.11 Å². The third kappa shape index (κ3) is 4.31. The minimum absolute atomic E-state index is 0.171. The topological polar surface area (TPSA) is 54.4 Å². The van der Waals surface area contributed by atoms with Crippen LogP contribution in [-0.4, -0.2) is 13.5 Å². The third-order valence-electron chi connectivity index (χ3n) is 5.48. The summed E-state index contributed by atoms with van der Waals surface area (Å²) in [6, 6.07) is 36.2. The van der Waals surface area contributed by atoms with Crippen molar-refractivity contribution in [2.24, 2.45) is 0 Å². The molecule has 4 rings (SSSR count). The Bertz CT molecular complexity index is 1170. The number of benzene rings is 4. The Morgan fingerprint density at radius 1 is 0.613 bits per heavy atom. The molecule has 0 aliphatic carbocycles. The van der Waals surface area contributed by atoms with Gasteiger partial charge in [-0.25, -0.2) is 8.42 Å². The van der Waals surface area contributed by atoms with Gasteiger partial charge in [-0.3, -0.25) is 0 Å². The highest BCUT2D eigenvalue weighted by molar-refractivity contribution is 7.91. The van der Waals surface area contributed by atoms with Gasteiger partial charge in [0.1, 0.15) is 10.9 Å². The highest BCUT2D eigenvalue weighted by Gasteiger charge is 2.48. The van der Waals surface area contributed by atoms with E-state index in [9.17, 15) is 13.5 Å². The summed E-state index contributed by atoms with van der Waals surface area (Å²) < 4.78 is 27.9. The second-order valence-electron chi connectivity index (χ2n) is 7.58. The van der Waals surface area contributed by atoms with Gasteiger partial charge in [0.2, 0.25) is 0 Å². The molecule has 0 aliphatic rings. The van der Waals surface area contributed by atoms with E-state index in [4.69, 9.17) is 0 Å². The first-order valence-electron chi connectivity index (χ1n) is 10.2. The van der Waals surface area contributed by atoms with Gasteiger partial charge in [0, 0.05) is 0 Å². The molecule has 1 atom stereocenters. The van der Waals surface area contributed by atoms with E-state index in [-0.39, 0.29) is 5.75 Å². The lowest BCUT2D eigenvalue weighted by Crippen LogP contribution is -2.39. The zero-order valence-corrected chi connectivity index (χ0v) is 17.8. The van der Waals surface area contributed by atoms with Crippen LogP contribution in [0.3, 0.4) is 0 Å². The first kappa shape index (κ1) is 21.0. The van der Waals surface area contributed by atoms with Gasteiger partial charge in [0.15, 0.2) is 9.84 Å². The Labute approximate surface area is 183 Å². The van der Waals surface area contributed by atoms with Gasteiger partial charge in [0.25, 0.3) is 0 Å². The van der Waals surface area contributed by atoms with Crippen LogP contribution >= 0.6 is 0 Å². The maximum Gasteiger partial charge on any atom is 0.164 e. The number of hydrogen-bond donors (Lipinski definition) is 1. The van der Waals surface area contributed by atoms with Gasteiger partial charge in [-0.05, 0) is 22.3 Å². The Hall–Kier alpha value is -3.21. The van der Waals surface area contributed by atoms with Gasteiger partial charge in [-0.2, -0.15) is 0 Å². The lowest BCUT2D eigenvalue weighted by atomic mass is 9.81. The summed E-state index contributed by atoms with van der Waals surface area (Å²) in [5.41, 5.74) is 0.538. The molecule has 0 spiro atoms. The molecule has 0 saturated carbocycles. The highest BCUT2D eigenvalue weighted by atomic mass is 32.2. The summed E-state index contributed by atoms with van der Waals surface area (Å²) in [6.07, 6.45) is 0. The summed E-state index contributed by atoms with van der Waals surface area (Å²) >= 11 is 0. The van der Waals surface area contributed by atoms with Crippen molar-refractivity contribution in [2.45, 2.75) is 16.6 Å². The van der Waals surface area contributed by atoms with Crippen molar-refractivity contribution in [3.05, 3.63) is 144 Å². The van der Waals surface area contributed by atoms with Crippen LogP contribution in [0.2, 0.25) is 0 Å². The molecule has 0 amide bonds. The zero-order valence-electron chi connectivity index (χ0n) is 17.0. The minimum atomic E-state index is -3.83. The monoisotopic (exact) mass is 428 g/mol. The first-order valence-corrected chi connectivity index (χ1v) is 11.9. The molecule has 0 bridgehead atoms. The van der Waals surface area contributed by atoms with Crippen molar-refractivity contribution in [3.8, 4) is 0 Å². The lowest BCUT2D eigenvalue weighted by Gasteiger charge is -2.37. The normalized spacial score (nSPS) is 12.9. The Morgan fingerprint density at radius 2 is 1.00 bits per heavy atom. The van der Waals surface area contributed by atoms with E-state index >= 15 is 0 Å². The molecule has 31 heavy (non-hydrogen) atoms. The van der Waals surface area contributed by atoms with E-state index in [0.717, 1.165) is 0 Å². The molecule has 0 heterocycles. The van der Waals surface area contributed by atoms with Crippen LogP contribution in [0.5, 0.6) is 0 Å². The average Bonchev–Trinajstić information content (AvgIpc) is 2.81. The van der Waals surface area contributed by atoms with E-state index < -0.39 is 20.7 Å². The smallest absolute Gasteiger partial charge is 0.164 e. The summed E-state index contributed by atoms with van der Waals surface area (Å²) in [4.78, 5) is 0. The Kier molecular flexibility index (Phi) is 6.03. The van der Waals surface area contributed by atoms with E-state index in [1.807, 2.05) is 60.7 Å². The van der Waals surface area contributed by atoms with Crippen LogP contribution < -0.4 is 0 Å². The maximum absolute atomic E-state index is 13.9. The molecule has 0 radical (unpaired) electrons. The van der Waals surface area contributed by atoms with Crippen LogP contribution in [0, 0.1) is 0 Å². The number of aliphatic hydroxyl groups is 1. The summed E-state index contributed by atoms with van der Waals surface area (Å²) in [5.74, 6) is -0.171. The van der Waals surface area contributed by atoms with E-state index in [2.05, 4.69) is 0 Å². The Morgan fingerprint density at radius 3 is 1.45 bits per heavy atom. The SMILES string of the molecule is O=S(=O)(Cc1ccccc1)C(c1ccccc1)C(O)(c1ccccc1)c1ccccc1. The molecule has 0 aromatic heterocycles. The fraction of sp³-hybridized carbons (Fsp3) is 0.111. The van der Waals surface area contributed by atoms with Gasteiger partial charge >= 0.3 is 0 Å². The molecular formula is C27H24O3S. The van der Waals surface area contributed by atoms with Crippen molar-refractivity contribution < 1.29 is 13.5 Å². The molecule has 156 valence electrons. The van der Waals surface area contributed by atoms with Crippen LogP contribution in [0.1, 0.15) is 27.5 Å². The second kappa shape index (κ2) is 8.88. The molecule has 0 aliphatic heterocycles. The van der Waals surface area contributed by atoms with Crippen LogP contribution in [0.25, 0.3) is 0 Å². The second-order valence-corrected chi connectivity index (χ2v) is 9.67. The lowest BCUT2D eigenvalue weighted by molar-refractivity contribution is 0.0746. The first-order chi connectivity index (χ1) is 15.0. The molecule has 3 nitrogen and oxygen atoms in total. The third-order valence-corrected chi connectivity index (χ3v) is 7.55. The molecule has 4 aromatic carbocycles. The summed E-state index contributed by atoms with van der Waals surface area (Å²) in [7, 11) is -3.83. The van der Waals surface area contributed by atoms with Crippen molar-refractivity contribution in [2.75, 3.05) is 0 Å². The molecule has 1 unspecified atom stereocenters. The van der Waals surface area contributed by atoms with Crippen molar-refractivity contribution >= 4 is 9.84 Å². The average molecular weight is 429 g/mol. The van der Waals surface area contributed by atoms with Gasteiger partial charge in [0.05, 0.1) is 5.75 Å². The van der Waals surface area contributed by atoms with Crippen LogP contribution in [-0.2, 0) is 21.2 Å². The largest absolute Gasteiger partial charge is 0.379 e. The standard InChI is InChI=1S/C27H24O3S/c28-27(24-17-9-3-10-18-24,25-19-11-4-12-20-25)26(23-15-7-2-8-16-23)31(29,30)21-22-13-5-1-6-14-22/h1-20,26,28H,21H2. The molecule has 0 saturated heterocycles. The predicted octanol–water partition coefficient (Wildman–Crippen LogP) is 5.28. The number of sulfone groups is 1. The summed E-state index contributed by atoms with van der Waals surface area (Å²) in [6.45, 7) is 0. The zero-order chi connectivity index (χ0) is 21.7. The molecule has 0 fully saturated rings. The molecule has 1 N–H and O–H groups in total. The Balaban J connectivity index is 1.96. The quantitative estimate of drug-likeness (QED) is 0.436. The highest BCUT2D eigenvalue weighted by Crippen LogP contribution is 2.46. The van der Waals surface area contributed by atoms with E-state index in [1.165, 1.54) is 0 Å². The van der Waals surface area contributed by atoms with Crippen molar-refractivity contribution in [1.82, 2.24) is 0 Å². The minimum Gasteiger partial charge on any atom is -0.379 e. The summed E-state index contributed by atoms with van der Waals surface area (Å²) in [5, 5.41) is 11.1. The van der Waals surface area contributed by atoms with Crippen LogP contribution in [0.15, 0.2) is 121 Å². The fourth-order valence-electron chi connectivity index (χ4n) is 4.08. The molecule has 4 aromatic rings. The molecule has 4 heteroatoms. The maximum atomic E-state index is 13.9. The van der Waals surface area contributed by atoms with E-state index in [1.54, 1.807) is 60.7 Å². The van der Waals surface area contributed by atoms with Gasteiger partial charge in [-0.15, -0.1) is 0 Å². The molecular weight excluding hydrogens is 404 g/mol. The fourth-order valence-corrected chi connectivity index (χ4v) is 6.27. The van der Waals surface area contributed by atoms with E-state index in [0.29, 0.717) is 22.3 Å². The number of rotatable bonds is 7. The predicted molar refractivity (Wildman–Crippen MR) is 124 cm³/mol. The van der Waals surface area contributed by atoms with Crippen molar-refractivity contribution in [3.63, 3.8) is 0 Å². The van der Waals surface area contributed by atoms with Crippen LogP contribution in [0.4, 0.5) is 0 Å². The number of hydrogen-bond acceptors (Lipinski definition) is 3.